The number of nitrogens with zero attached hydrogens (tertiary/aromatic N) is 2. The summed E-state index contributed by atoms with van der Waals surface area (Å²) in [6, 6.07) is 19.7. The molecular weight excluding hydrogens is 362 g/mol. The molecule has 0 saturated carbocycles. The van der Waals surface area contributed by atoms with E-state index in [1.165, 1.54) is 5.56 Å². The lowest BCUT2D eigenvalue weighted by Crippen LogP contribution is -2.55. The lowest BCUT2D eigenvalue weighted by Gasteiger charge is -2.37. The van der Waals surface area contributed by atoms with E-state index in [1.54, 1.807) is 0 Å². The zero-order chi connectivity index (χ0) is 20.6. The summed E-state index contributed by atoms with van der Waals surface area (Å²) in [6.45, 7) is 6.74. The third-order valence-electron chi connectivity index (χ3n) is 5.65. The Labute approximate surface area is 173 Å². The molecule has 2 aromatic carbocycles. The zero-order valence-corrected chi connectivity index (χ0v) is 17.4. The standard InChI is InChI=1S/C24H31N3O2/c1-19(13-14-21-9-5-3-6-10-21)25-23(28)20(2)26-15-17-27(18-16-26)24(29)22-11-7-4-8-12-22/h3-12,19-20H,13-18H2,1-2H3,(H,25,28)/t19-,20+/m0/s1. The number of piperazine rings is 1. The summed E-state index contributed by atoms with van der Waals surface area (Å²) in [6.07, 6.45) is 1.87. The Balaban J connectivity index is 1.43. The molecule has 1 aliphatic heterocycles. The molecule has 1 heterocycles. The summed E-state index contributed by atoms with van der Waals surface area (Å²) < 4.78 is 0. The van der Waals surface area contributed by atoms with Crippen molar-refractivity contribution >= 4 is 11.8 Å². The summed E-state index contributed by atoms with van der Waals surface area (Å²) >= 11 is 0. The first kappa shape index (κ1) is 21.1. The Hall–Kier alpha value is -2.66. The van der Waals surface area contributed by atoms with Gasteiger partial charge in [-0.3, -0.25) is 14.5 Å². The van der Waals surface area contributed by atoms with Crippen molar-refractivity contribution in [3.05, 3.63) is 71.8 Å². The van der Waals surface area contributed by atoms with Crippen LogP contribution in [0.4, 0.5) is 0 Å². The van der Waals surface area contributed by atoms with Crippen LogP contribution in [0.25, 0.3) is 0 Å². The van der Waals surface area contributed by atoms with E-state index in [1.807, 2.05) is 60.4 Å². The summed E-state index contributed by atoms with van der Waals surface area (Å²) in [5.41, 5.74) is 2.01. The zero-order valence-electron chi connectivity index (χ0n) is 17.4. The van der Waals surface area contributed by atoms with Gasteiger partial charge in [0.2, 0.25) is 5.91 Å². The van der Waals surface area contributed by atoms with E-state index in [0.717, 1.165) is 18.4 Å². The highest BCUT2D eigenvalue weighted by Gasteiger charge is 2.28. The van der Waals surface area contributed by atoms with Crippen LogP contribution >= 0.6 is 0 Å². The van der Waals surface area contributed by atoms with Crippen molar-refractivity contribution in [3.8, 4) is 0 Å². The average molecular weight is 394 g/mol. The van der Waals surface area contributed by atoms with Crippen LogP contribution in [0.15, 0.2) is 60.7 Å². The van der Waals surface area contributed by atoms with Crippen molar-refractivity contribution in [1.29, 1.82) is 0 Å². The first-order valence-electron chi connectivity index (χ1n) is 10.5. The maximum atomic E-state index is 12.7. The first-order valence-corrected chi connectivity index (χ1v) is 10.5. The summed E-state index contributed by atoms with van der Waals surface area (Å²) in [7, 11) is 0. The molecule has 3 rings (SSSR count). The van der Waals surface area contributed by atoms with E-state index in [4.69, 9.17) is 0 Å². The van der Waals surface area contributed by atoms with Gasteiger partial charge in [-0.1, -0.05) is 48.5 Å². The normalized spacial score (nSPS) is 16.8. The maximum absolute atomic E-state index is 12.7. The molecule has 2 amide bonds. The quantitative estimate of drug-likeness (QED) is 0.787. The van der Waals surface area contributed by atoms with E-state index in [-0.39, 0.29) is 23.9 Å². The van der Waals surface area contributed by atoms with Crippen LogP contribution < -0.4 is 5.32 Å². The third-order valence-corrected chi connectivity index (χ3v) is 5.65. The Morgan fingerprint density at radius 2 is 1.48 bits per heavy atom. The van der Waals surface area contributed by atoms with Crippen molar-refractivity contribution in [2.24, 2.45) is 0 Å². The topological polar surface area (TPSA) is 52.7 Å². The van der Waals surface area contributed by atoms with Crippen LogP contribution in [0.1, 0.15) is 36.2 Å². The van der Waals surface area contributed by atoms with Crippen molar-refractivity contribution in [2.45, 2.75) is 38.8 Å². The number of aryl methyl sites for hydroxylation is 1. The van der Waals surface area contributed by atoms with Gasteiger partial charge in [-0.25, -0.2) is 0 Å². The van der Waals surface area contributed by atoms with Crippen molar-refractivity contribution in [1.82, 2.24) is 15.1 Å². The van der Waals surface area contributed by atoms with Crippen molar-refractivity contribution < 1.29 is 9.59 Å². The van der Waals surface area contributed by atoms with E-state index in [0.29, 0.717) is 26.2 Å². The SMILES string of the molecule is C[C@H](C(=O)N[C@@H](C)CCc1ccccc1)N1CCN(C(=O)c2ccccc2)CC1. The molecule has 1 saturated heterocycles. The highest BCUT2D eigenvalue weighted by molar-refractivity contribution is 5.94. The lowest BCUT2D eigenvalue weighted by molar-refractivity contribution is -0.127. The number of rotatable bonds is 7. The molecule has 5 nitrogen and oxygen atoms in total. The van der Waals surface area contributed by atoms with Crippen LogP contribution in [0, 0.1) is 0 Å². The van der Waals surface area contributed by atoms with Gasteiger partial charge < -0.3 is 10.2 Å². The van der Waals surface area contributed by atoms with Gasteiger partial charge in [-0.2, -0.15) is 0 Å². The van der Waals surface area contributed by atoms with E-state index in [9.17, 15) is 9.59 Å². The minimum absolute atomic E-state index is 0.0633. The second-order valence-electron chi connectivity index (χ2n) is 7.80. The molecule has 0 bridgehead atoms. The molecule has 29 heavy (non-hydrogen) atoms. The van der Waals surface area contributed by atoms with Gasteiger partial charge in [0.25, 0.3) is 5.91 Å². The molecule has 1 N–H and O–H groups in total. The predicted octanol–water partition coefficient (Wildman–Crippen LogP) is 2.97. The van der Waals surface area contributed by atoms with Gasteiger partial charge in [0.15, 0.2) is 0 Å². The molecule has 0 aromatic heterocycles. The molecule has 0 spiro atoms. The largest absolute Gasteiger partial charge is 0.352 e. The van der Waals surface area contributed by atoms with Crippen LogP contribution in [-0.2, 0) is 11.2 Å². The molecule has 2 atom stereocenters. The summed E-state index contributed by atoms with van der Waals surface area (Å²) in [4.78, 5) is 29.3. The first-order chi connectivity index (χ1) is 14.0. The van der Waals surface area contributed by atoms with Crippen LogP contribution in [0.2, 0.25) is 0 Å². The molecular formula is C24H31N3O2. The second kappa shape index (κ2) is 10.2. The van der Waals surface area contributed by atoms with Gasteiger partial charge in [-0.05, 0) is 44.4 Å². The van der Waals surface area contributed by atoms with Gasteiger partial charge >= 0.3 is 0 Å². The number of hydrogen-bond donors (Lipinski definition) is 1. The highest BCUT2D eigenvalue weighted by Crippen LogP contribution is 2.12. The number of amides is 2. The Kier molecular flexibility index (Phi) is 7.42. The minimum Gasteiger partial charge on any atom is -0.352 e. The summed E-state index contributed by atoms with van der Waals surface area (Å²) in [5.74, 6) is 0.130. The van der Waals surface area contributed by atoms with Crippen molar-refractivity contribution in [2.75, 3.05) is 26.2 Å². The van der Waals surface area contributed by atoms with Gasteiger partial charge in [0.1, 0.15) is 0 Å². The molecule has 2 aromatic rings. The fraction of sp³-hybridized carbons (Fsp3) is 0.417. The number of hydrogen-bond acceptors (Lipinski definition) is 3. The molecule has 5 heteroatoms. The molecule has 1 aliphatic rings. The van der Waals surface area contributed by atoms with E-state index >= 15 is 0 Å². The molecule has 0 aliphatic carbocycles. The van der Waals surface area contributed by atoms with E-state index < -0.39 is 0 Å². The van der Waals surface area contributed by atoms with Gasteiger partial charge in [-0.15, -0.1) is 0 Å². The summed E-state index contributed by atoms with van der Waals surface area (Å²) in [5, 5.41) is 3.15. The number of carbonyl (C=O) groups excluding carboxylic acids is 2. The molecule has 1 fully saturated rings. The van der Waals surface area contributed by atoms with Crippen LogP contribution in [0.3, 0.4) is 0 Å². The van der Waals surface area contributed by atoms with Gasteiger partial charge in [0, 0.05) is 37.8 Å². The Bertz CT molecular complexity index is 786. The number of nitrogens with one attached hydrogen (secondary N) is 1. The average Bonchev–Trinajstić information content (AvgIpc) is 2.78. The van der Waals surface area contributed by atoms with Gasteiger partial charge in [0.05, 0.1) is 6.04 Å². The molecule has 0 unspecified atom stereocenters. The minimum atomic E-state index is -0.192. The second-order valence-corrected chi connectivity index (χ2v) is 7.80. The van der Waals surface area contributed by atoms with Crippen LogP contribution in [0.5, 0.6) is 0 Å². The number of benzene rings is 2. The Morgan fingerprint density at radius 3 is 2.10 bits per heavy atom. The highest BCUT2D eigenvalue weighted by atomic mass is 16.2. The van der Waals surface area contributed by atoms with Crippen LogP contribution in [-0.4, -0.2) is 59.9 Å². The fourth-order valence-corrected chi connectivity index (χ4v) is 3.70. The van der Waals surface area contributed by atoms with Crippen molar-refractivity contribution in [3.63, 3.8) is 0 Å². The smallest absolute Gasteiger partial charge is 0.253 e. The molecule has 154 valence electrons. The lowest BCUT2D eigenvalue weighted by atomic mass is 10.1. The monoisotopic (exact) mass is 393 g/mol. The van der Waals surface area contributed by atoms with E-state index in [2.05, 4.69) is 29.3 Å². The fourth-order valence-electron chi connectivity index (χ4n) is 3.70. The molecule has 0 radical (unpaired) electrons. The number of carbonyl (C=O) groups is 2. The predicted molar refractivity (Wildman–Crippen MR) is 116 cm³/mol. The maximum Gasteiger partial charge on any atom is 0.253 e. The Morgan fingerprint density at radius 1 is 0.897 bits per heavy atom. The third kappa shape index (κ3) is 5.91.